The van der Waals surface area contributed by atoms with Crippen LogP contribution in [0.4, 0.5) is 0 Å². The normalized spacial score (nSPS) is 16.5. The molecule has 1 atom stereocenters. The molecule has 12 heavy (non-hydrogen) atoms. The zero-order chi connectivity index (χ0) is 9.61. The Balaban J connectivity index is 3.80. The van der Waals surface area contributed by atoms with Gasteiger partial charge in [-0.3, -0.25) is 0 Å². The average Bonchev–Trinajstić information content (AvgIpc) is 2.04. The summed E-state index contributed by atoms with van der Waals surface area (Å²) < 4.78 is 5.36. The lowest BCUT2D eigenvalue weighted by molar-refractivity contribution is 0.0990. The van der Waals surface area contributed by atoms with E-state index in [2.05, 4.69) is 36.7 Å². The van der Waals surface area contributed by atoms with E-state index < -0.39 is 0 Å². The fourth-order valence-corrected chi connectivity index (χ4v) is 1.89. The highest BCUT2D eigenvalue weighted by atomic mass is 79.9. The fourth-order valence-electron chi connectivity index (χ4n) is 0.959. The van der Waals surface area contributed by atoms with E-state index in [1.165, 1.54) is 0 Å². The lowest BCUT2D eigenvalue weighted by Crippen LogP contribution is -2.27. The van der Waals surface area contributed by atoms with Crippen molar-refractivity contribution in [2.45, 2.75) is 34.1 Å². The molecule has 0 saturated heterocycles. The van der Waals surface area contributed by atoms with Crippen molar-refractivity contribution >= 4 is 15.9 Å². The number of halogens is 1. The summed E-state index contributed by atoms with van der Waals surface area (Å²) in [6.07, 6.45) is 1.14. The van der Waals surface area contributed by atoms with Crippen molar-refractivity contribution in [3.8, 4) is 0 Å². The first kappa shape index (κ1) is 12.4. The summed E-state index contributed by atoms with van der Waals surface area (Å²) in [5, 5.41) is 1.06. The summed E-state index contributed by atoms with van der Waals surface area (Å²) in [7, 11) is 0. The van der Waals surface area contributed by atoms with Crippen LogP contribution in [0.25, 0.3) is 0 Å². The van der Waals surface area contributed by atoms with Gasteiger partial charge >= 0.3 is 0 Å². The van der Waals surface area contributed by atoms with Gasteiger partial charge in [0.2, 0.25) is 0 Å². The molecule has 0 rings (SSSR count). The van der Waals surface area contributed by atoms with E-state index in [0.717, 1.165) is 25.0 Å². The van der Waals surface area contributed by atoms with Crippen LogP contribution in [0.5, 0.6) is 0 Å². The van der Waals surface area contributed by atoms with E-state index in [9.17, 15) is 0 Å². The Morgan fingerprint density at radius 1 is 1.42 bits per heavy atom. The Bertz CT molecular complexity index is 114. The fraction of sp³-hybridized carbons (Fsp3) is 1.00. The summed E-state index contributed by atoms with van der Waals surface area (Å²) in [4.78, 5) is 0. The maximum atomic E-state index is 5.36. The second-order valence-corrected chi connectivity index (χ2v) is 4.45. The maximum absolute atomic E-state index is 5.36. The summed E-state index contributed by atoms with van der Waals surface area (Å²) in [5.74, 6) is 0.706. The van der Waals surface area contributed by atoms with E-state index in [-0.39, 0.29) is 0 Å². The molecule has 0 fully saturated rings. The molecule has 0 amide bonds. The number of ether oxygens (including phenoxy) is 1. The van der Waals surface area contributed by atoms with E-state index in [1.54, 1.807) is 0 Å². The summed E-state index contributed by atoms with van der Waals surface area (Å²) >= 11 is 3.57. The third-order valence-corrected chi connectivity index (χ3v) is 4.00. The molecule has 0 spiro atoms. The molecule has 0 aromatic heterocycles. The van der Waals surface area contributed by atoms with Crippen molar-refractivity contribution in [3.05, 3.63) is 0 Å². The monoisotopic (exact) mass is 236 g/mol. The van der Waals surface area contributed by atoms with Crippen molar-refractivity contribution in [1.82, 2.24) is 0 Å². The SMILES string of the molecule is CCOCCC(C)(CBr)C(C)C. The Hall–Kier alpha value is 0.440. The summed E-state index contributed by atoms with van der Waals surface area (Å²) in [6, 6.07) is 0. The van der Waals surface area contributed by atoms with Crippen LogP contribution in [-0.2, 0) is 4.74 Å². The van der Waals surface area contributed by atoms with Gasteiger partial charge in [-0.2, -0.15) is 0 Å². The Kier molecular flexibility index (Phi) is 6.20. The highest BCUT2D eigenvalue weighted by Crippen LogP contribution is 2.32. The van der Waals surface area contributed by atoms with Gasteiger partial charge in [-0.1, -0.05) is 36.7 Å². The van der Waals surface area contributed by atoms with Gasteiger partial charge in [0.25, 0.3) is 0 Å². The minimum atomic E-state index is 0.384. The second-order valence-electron chi connectivity index (χ2n) is 3.89. The maximum Gasteiger partial charge on any atom is 0.0471 e. The van der Waals surface area contributed by atoms with Gasteiger partial charge in [0, 0.05) is 18.5 Å². The van der Waals surface area contributed by atoms with Crippen molar-refractivity contribution in [1.29, 1.82) is 0 Å². The molecule has 1 unspecified atom stereocenters. The van der Waals surface area contributed by atoms with Crippen LogP contribution < -0.4 is 0 Å². The van der Waals surface area contributed by atoms with Crippen molar-refractivity contribution in [2.75, 3.05) is 18.5 Å². The van der Waals surface area contributed by atoms with Gasteiger partial charge in [-0.15, -0.1) is 0 Å². The topological polar surface area (TPSA) is 9.23 Å². The first-order chi connectivity index (χ1) is 5.56. The van der Waals surface area contributed by atoms with E-state index in [1.807, 2.05) is 6.92 Å². The van der Waals surface area contributed by atoms with E-state index >= 15 is 0 Å². The standard InChI is InChI=1S/C10H21BrO/c1-5-12-7-6-10(4,8-11)9(2)3/h9H,5-8H2,1-4H3. The molecule has 2 heteroatoms. The molecule has 0 aliphatic rings. The zero-order valence-electron chi connectivity index (χ0n) is 8.69. The van der Waals surface area contributed by atoms with Gasteiger partial charge in [-0.05, 0) is 24.7 Å². The van der Waals surface area contributed by atoms with Crippen LogP contribution in [0, 0.1) is 11.3 Å². The number of hydrogen-bond acceptors (Lipinski definition) is 1. The molecule has 0 saturated carbocycles. The highest BCUT2D eigenvalue weighted by Gasteiger charge is 2.26. The van der Waals surface area contributed by atoms with Crippen molar-refractivity contribution in [2.24, 2.45) is 11.3 Å². The summed E-state index contributed by atoms with van der Waals surface area (Å²) in [6.45, 7) is 10.6. The van der Waals surface area contributed by atoms with Gasteiger partial charge in [0.15, 0.2) is 0 Å². The van der Waals surface area contributed by atoms with Gasteiger partial charge in [0.05, 0.1) is 0 Å². The van der Waals surface area contributed by atoms with Gasteiger partial charge < -0.3 is 4.74 Å². The van der Waals surface area contributed by atoms with Crippen LogP contribution in [0.15, 0.2) is 0 Å². The molecule has 0 aromatic rings. The molecule has 74 valence electrons. The number of hydrogen-bond donors (Lipinski definition) is 0. The zero-order valence-corrected chi connectivity index (χ0v) is 10.3. The predicted molar refractivity (Wildman–Crippen MR) is 57.8 cm³/mol. The van der Waals surface area contributed by atoms with Crippen LogP contribution in [0.3, 0.4) is 0 Å². The lowest BCUT2D eigenvalue weighted by Gasteiger charge is -2.31. The minimum Gasteiger partial charge on any atom is -0.382 e. The highest BCUT2D eigenvalue weighted by molar-refractivity contribution is 9.09. The molecular weight excluding hydrogens is 216 g/mol. The summed E-state index contributed by atoms with van der Waals surface area (Å²) in [5.41, 5.74) is 0.384. The van der Waals surface area contributed by atoms with Crippen molar-refractivity contribution in [3.63, 3.8) is 0 Å². The smallest absolute Gasteiger partial charge is 0.0471 e. The van der Waals surface area contributed by atoms with Crippen LogP contribution >= 0.6 is 15.9 Å². The third-order valence-electron chi connectivity index (χ3n) is 2.72. The molecule has 0 aliphatic heterocycles. The molecule has 0 aromatic carbocycles. The lowest BCUT2D eigenvalue weighted by atomic mass is 9.78. The molecule has 0 heterocycles. The van der Waals surface area contributed by atoms with E-state index in [0.29, 0.717) is 11.3 Å². The average molecular weight is 237 g/mol. The number of rotatable bonds is 6. The molecule has 1 nitrogen and oxygen atoms in total. The predicted octanol–water partition coefficient (Wildman–Crippen LogP) is 3.47. The Morgan fingerprint density at radius 3 is 2.33 bits per heavy atom. The molecule has 0 aliphatic carbocycles. The van der Waals surface area contributed by atoms with Crippen LogP contribution in [0.1, 0.15) is 34.1 Å². The van der Waals surface area contributed by atoms with Gasteiger partial charge in [0.1, 0.15) is 0 Å². The van der Waals surface area contributed by atoms with Crippen molar-refractivity contribution < 1.29 is 4.74 Å². The Labute approximate surface area is 85.0 Å². The van der Waals surface area contributed by atoms with E-state index in [4.69, 9.17) is 4.74 Å². The molecule has 0 radical (unpaired) electrons. The largest absolute Gasteiger partial charge is 0.382 e. The number of alkyl halides is 1. The molecular formula is C10H21BrO. The first-order valence-corrected chi connectivity index (χ1v) is 5.82. The first-order valence-electron chi connectivity index (χ1n) is 4.70. The van der Waals surface area contributed by atoms with Gasteiger partial charge in [-0.25, -0.2) is 0 Å². The van der Waals surface area contributed by atoms with Crippen LogP contribution in [0.2, 0.25) is 0 Å². The quantitative estimate of drug-likeness (QED) is 0.507. The second kappa shape index (κ2) is 5.98. The third kappa shape index (κ3) is 3.90. The van der Waals surface area contributed by atoms with Crippen LogP contribution in [-0.4, -0.2) is 18.5 Å². The Morgan fingerprint density at radius 2 is 2.00 bits per heavy atom. The minimum absolute atomic E-state index is 0.384. The molecule has 0 N–H and O–H groups in total. The molecule has 0 bridgehead atoms.